The van der Waals surface area contributed by atoms with Crippen molar-refractivity contribution >= 4 is 17.2 Å². The summed E-state index contributed by atoms with van der Waals surface area (Å²) in [5.74, 6) is 0.202. The van der Waals surface area contributed by atoms with Crippen molar-refractivity contribution in [2.75, 3.05) is 0 Å². The van der Waals surface area contributed by atoms with Crippen molar-refractivity contribution in [3.63, 3.8) is 0 Å². The van der Waals surface area contributed by atoms with Gasteiger partial charge in [0.2, 0.25) is 5.91 Å². The minimum absolute atomic E-state index is 0.0671. The van der Waals surface area contributed by atoms with Crippen molar-refractivity contribution in [3.05, 3.63) is 21.9 Å². The van der Waals surface area contributed by atoms with Gasteiger partial charge in [-0.2, -0.15) is 0 Å². The van der Waals surface area contributed by atoms with Crippen LogP contribution in [0.15, 0.2) is 12.1 Å². The van der Waals surface area contributed by atoms with Gasteiger partial charge < -0.3 is 5.32 Å². The van der Waals surface area contributed by atoms with Gasteiger partial charge in [0.25, 0.3) is 0 Å². The molecule has 1 rings (SSSR count). The van der Waals surface area contributed by atoms with E-state index in [9.17, 15) is 4.79 Å². The Morgan fingerprint density at radius 2 is 2.07 bits per heavy atom. The van der Waals surface area contributed by atoms with E-state index >= 15 is 0 Å². The summed E-state index contributed by atoms with van der Waals surface area (Å²) in [4.78, 5) is 14.1. The molecule has 0 saturated carbocycles. The first kappa shape index (κ1) is 12.2. The standard InChI is InChI=1S/C12H19NOS/c1-8(2)12(14)13-9(3)7-11-6-5-10(4)15-11/h5-6,8-9H,7H2,1-4H3,(H,13,14). The molecule has 15 heavy (non-hydrogen) atoms. The van der Waals surface area contributed by atoms with Crippen molar-refractivity contribution in [2.45, 2.75) is 40.2 Å². The fourth-order valence-corrected chi connectivity index (χ4v) is 2.38. The van der Waals surface area contributed by atoms with Gasteiger partial charge in [0.15, 0.2) is 0 Å². The predicted octanol–water partition coefficient (Wildman–Crippen LogP) is 2.76. The number of hydrogen-bond donors (Lipinski definition) is 1. The maximum Gasteiger partial charge on any atom is 0.222 e. The molecule has 0 radical (unpaired) electrons. The van der Waals surface area contributed by atoms with Crippen molar-refractivity contribution in [1.82, 2.24) is 5.32 Å². The molecule has 1 heterocycles. The van der Waals surface area contributed by atoms with Crippen LogP contribution in [0.5, 0.6) is 0 Å². The summed E-state index contributed by atoms with van der Waals surface area (Å²) in [5, 5.41) is 3.00. The number of carbonyl (C=O) groups excluding carboxylic acids is 1. The SMILES string of the molecule is Cc1ccc(CC(C)NC(=O)C(C)C)s1. The van der Waals surface area contributed by atoms with Gasteiger partial charge in [0.1, 0.15) is 0 Å². The average Bonchev–Trinajstić information content (AvgIpc) is 2.50. The Morgan fingerprint density at radius 3 is 2.53 bits per heavy atom. The topological polar surface area (TPSA) is 29.1 Å². The fraction of sp³-hybridized carbons (Fsp3) is 0.583. The molecule has 1 unspecified atom stereocenters. The second kappa shape index (κ2) is 5.31. The molecule has 1 atom stereocenters. The first-order valence-electron chi connectivity index (χ1n) is 5.34. The van der Waals surface area contributed by atoms with Crippen LogP contribution in [0.25, 0.3) is 0 Å². The highest BCUT2D eigenvalue weighted by atomic mass is 32.1. The zero-order chi connectivity index (χ0) is 11.4. The summed E-state index contributed by atoms with van der Waals surface area (Å²) in [5.41, 5.74) is 0. The molecule has 0 aromatic carbocycles. The smallest absolute Gasteiger partial charge is 0.222 e. The summed E-state index contributed by atoms with van der Waals surface area (Å²) in [6, 6.07) is 4.48. The highest BCUT2D eigenvalue weighted by Crippen LogP contribution is 2.16. The molecule has 0 bridgehead atoms. The van der Waals surface area contributed by atoms with Gasteiger partial charge in [-0.15, -0.1) is 11.3 Å². The summed E-state index contributed by atoms with van der Waals surface area (Å²) < 4.78 is 0. The van der Waals surface area contributed by atoms with E-state index in [4.69, 9.17) is 0 Å². The Labute approximate surface area is 95.7 Å². The molecular weight excluding hydrogens is 206 g/mol. The van der Waals surface area contributed by atoms with E-state index in [0.29, 0.717) is 0 Å². The molecule has 1 amide bonds. The summed E-state index contributed by atoms with van der Waals surface area (Å²) in [6.07, 6.45) is 0.928. The fourth-order valence-electron chi connectivity index (χ4n) is 1.36. The number of aryl methyl sites for hydroxylation is 1. The van der Waals surface area contributed by atoms with E-state index in [1.54, 1.807) is 11.3 Å². The van der Waals surface area contributed by atoms with Gasteiger partial charge in [0, 0.05) is 28.1 Å². The van der Waals surface area contributed by atoms with Crippen LogP contribution in [-0.2, 0) is 11.2 Å². The molecule has 0 aliphatic rings. The van der Waals surface area contributed by atoms with Gasteiger partial charge in [-0.3, -0.25) is 4.79 Å². The second-order valence-electron chi connectivity index (χ2n) is 4.28. The van der Waals surface area contributed by atoms with Crippen LogP contribution in [0, 0.1) is 12.8 Å². The lowest BCUT2D eigenvalue weighted by atomic mass is 10.1. The molecule has 0 fully saturated rings. The molecule has 0 saturated heterocycles. The largest absolute Gasteiger partial charge is 0.353 e. The monoisotopic (exact) mass is 225 g/mol. The van der Waals surface area contributed by atoms with Crippen molar-refractivity contribution < 1.29 is 4.79 Å². The Hall–Kier alpha value is -0.830. The first-order chi connectivity index (χ1) is 6.99. The molecule has 2 nitrogen and oxygen atoms in total. The Kier molecular flexibility index (Phi) is 4.33. The van der Waals surface area contributed by atoms with Crippen LogP contribution < -0.4 is 5.32 Å². The predicted molar refractivity (Wildman–Crippen MR) is 65.2 cm³/mol. The Morgan fingerprint density at radius 1 is 1.40 bits per heavy atom. The highest BCUT2D eigenvalue weighted by Gasteiger charge is 2.11. The zero-order valence-electron chi connectivity index (χ0n) is 9.83. The molecule has 0 aliphatic carbocycles. The lowest BCUT2D eigenvalue weighted by Gasteiger charge is -2.14. The van der Waals surface area contributed by atoms with Crippen molar-refractivity contribution in [3.8, 4) is 0 Å². The number of carbonyl (C=O) groups is 1. The Balaban J connectivity index is 2.42. The average molecular weight is 225 g/mol. The van der Waals surface area contributed by atoms with Crippen LogP contribution in [0.1, 0.15) is 30.5 Å². The number of rotatable bonds is 4. The molecule has 0 aliphatic heterocycles. The maximum absolute atomic E-state index is 11.4. The van der Waals surface area contributed by atoms with Gasteiger partial charge in [-0.25, -0.2) is 0 Å². The normalized spacial score (nSPS) is 12.9. The van der Waals surface area contributed by atoms with E-state index in [1.807, 2.05) is 13.8 Å². The van der Waals surface area contributed by atoms with E-state index in [-0.39, 0.29) is 17.9 Å². The summed E-state index contributed by atoms with van der Waals surface area (Å²) in [6.45, 7) is 7.98. The van der Waals surface area contributed by atoms with Gasteiger partial charge in [-0.05, 0) is 26.0 Å². The van der Waals surface area contributed by atoms with E-state index < -0.39 is 0 Å². The maximum atomic E-state index is 11.4. The third-order valence-corrected chi connectivity index (χ3v) is 3.24. The van der Waals surface area contributed by atoms with E-state index in [1.165, 1.54) is 9.75 Å². The second-order valence-corrected chi connectivity index (χ2v) is 5.65. The number of hydrogen-bond acceptors (Lipinski definition) is 2. The van der Waals surface area contributed by atoms with Crippen molar-refractivity contribution in [2.24, 2.45) is 5.92 Å². The van der Waals surface area contributed by atoms with Crippen LogP contribution in [0.2, 0.25) is 0 Å². The van der Waals surface area contributed by atoms with Crippen LogP contribution >= 0.6 is 11.3 Å². The molecule has 84 valence electrons. The quantitative estimate of drug-likeness (QED) is 0.838. The van der Waals surface area contributed by atoms with Crippen LogP contribution in [0.3, 0.4) is 0 Å². The minimum atomic E-state index is 0.0671. The number of thiophene rings is 1. The zero-order valence-corrected chi connectivity index (χ0v) is 10.6. The molecular formula is C12H19NOS. The Bertz CT molecular complexity index is 330. The van der Waals surface area contributed by atoms with E-state index in [2.05, 4.69) is 31.3 Å². The lowest BCUT2D eigenvalue weighted by Crippen LogP contribution is -2.36. The minimum Gasteiger partial charge on any atom is -0.353 e. The first-order valence-corrected chi connectivity index (χ1v) is 6.16. The third-order valence-electron chi connectivity index (χ3n) is 2.22. The lowest BCUT2D eigenvalue weighted by molar-refractivity contribution is -0.124. The van der Waals surface area contributed by atoms with Gasteiger partial charge in [-0.1, -0.05) is 13.8 Å². The molecule has 0 spiro atoms. The van der Waals surface area contributed by atoms with Gasteiger partial charge >= 0.3 is 0 Å². The number of amides is 1. The molecule has 1 aromatic heterocycles. The summed E-state index contributed by atoms with van der Waals surface area (Å²) in [7, 11) is 0. The molecule has 1 aromatic rings. The molecule has 3 heteroatoms. The summed E-state index contributed by atoms with van der Waals surface area (Å²) >= 11 is 1.80. The van der Waals surface area contributed by atoms with E-state index in [0.717, 1.165) is 6.42 Å². The number of nitrogens with one attached hydrogen (secondary N) is 1. The third kappa shape index (κ3) is 4.04. The molecule has 1 N–H and O–H groups in total. The van der Waals surface area contributed by atoms with Gasteiger partial charge in [0.05, 0.1) is 0 Å². The van der Waals surface area contributed by atoms with Crippen molar-refractivity contribution in [1.29, 1.82) is 0 Å². The van der Waals surface area contributed by atoms with Crippen LogP contribution in [0.4, 0.5) is 0 Å². The van der Waals surface area contributed by atoms with Crippen LogP contribution in [-0.4, -0.2) is 11.9 Å². The highest BCUT2D eigenvalue weighted by molar-refractivity contribution is 7.11.